The quantitative estimate of drug-likeness (QED) is 0.751. The molecule has 0 spiro atoms. The Morgan fingerprint density at radius 2 is 1.86 bits per heavy atom. The predicted octanol–water partition coefficient (Wildman–Crippen LogP) is 3.62. The minimum Gasteiger partial charge on any atom is -0.490 e. The molecule has 158 valence electrons. The van der Waals surface area contributed by atoms with Crippen molar-refractivity contribution in [3.05, 3.63) is 30.1 Å². The molecule has 29 heavy (non-hydrogen) atoms. The lowest BCUT2D eigenvalue weighted by atomic mass is 9.94. The zero-order valence-electron chi connectivity index (χ0n) is 15.8. The number of ether oxygens (including phenoxy) is 2. The van der Waals surface area contributed by atoms with Gasteiger partial charge in [0.2, 0.25) is 15.9 Å². The summed E-state index contributed by atoms with van der Waals surface area (Å²) in [6.07, 6.45) is 0.453. The molecule has 2 aromatic rings. The SMILES string of the molecule is COc1nnc(-c2cc(OC3CCC(F)(F)CC3)ccc2F)cc1NS(C)(=O)=O. The van der Waals surface area contributed by atoms with Crippen LogP contribution in [0.1, 0.15) is 25.7 Å². The van der Waals surface area contributed by atoms with Crippen molar-refractivity contribution >= 4 is 15.7 Å². The Labute approximate surface area is 166 Å². The van der Waals surface area contributed by atoms with Gasteiger partial charge >= 0.3 is 0 Å². The van der Waals surface area contributed by atoms with E-state index in [2.05, 4.69) is 14.9 Å². The number of nitrogens with zero attached hydrogens (tertiary/aromatic N) is 2. The highest BCUT2D eigenvalue weighted by Crippen LogP contribution is 2.36. The second kappa shape index (κ2) is 8.05. The van der Waals surface area contributed by atoms with E-state index >= 15 is 0 Å². The number of halogens is 3. The fourth-order valence-corrected chi connectivity index (χ4v) is 3.58. The van der Waals surface area contributed by atoms with Crippen LogP contribution in [0.2, 0.25) is 0 Å². The Balaban J connectivity index is 1.87. The molecule has 7 nitrogen and oxygen atoms in total. The van der Waals surface area contributed by atoms with Crippen molar-refractivity contribution < 1.29 is 31.1 Å². The molecule has 0 radical (unpaired) electrons. The largest absolute Gasteiger partial charge is 0.490 e. The molecule has 11 heteroatoms. The van der Waals surface area contributed by atoms with Crippen LogP contribution in [-0.4, -0.2) is 44.0 Å². The summed E-state index contributed by atoms with van der Waals surface area (Å²) >= 11 is 0. The molecular weight excluding hydrogens is 411 g/mol. The first-order chi connectivity index (χ1) is 13.6. The Hall–Kier alpha value is -2.56. The van der Waals surface area contributed by atoms with Gasteiger partial charge in [0.05, 0.1) is 25.2 Å². The maximum atomic E-state index is 14.4. The summed E-state index contributed by atoms with van der Waals surface area (Å²) in [7, 11) is -2.34. The van der Waals surface area contributed by atoms with Gasteiger partial charge in [-0.15, -0.1) is 10.2 Å². The average molecular weight is 431 g/mol. The van der Waals surface area contributed by atoms with Gasteiger partial charge in [-0.05, 0) is 37.1 Å². The number of aromatic nitrogens is 2. The van der Waals surface area contributed by atoms with Crippen LogP contribution in [0.3, 0.4) is 0 Å². The highest BCUT2D eigenvalue weighted by atomic mass is 32.2. The minimum atomic E-state index is -3.63. The molecule has 0 amide bonds. The lowest BCUT2D eigenvalue weighted by Crippen LogP contribution is -2.30. The van der Waals surface area contributed by atoms with Crippen molar-refractivity contribution in [1.29, 1.82) is 0 Å². The average Bonchev–Trinajstić information content (AvgIpc) is 2.63. The Morgan fingerprint density at radius 1 is 1.17 bits per heavy atom. The number of hydrogen-bond acceptors (Lipinski definition) is 6. The number of rotatable bonds is 6. The van der Waals surface area contributed by atoms with Crippen molar-refractivity contribution in [3.8, 4) is 22.9 Å². The standard InChI is InChI=1S/C18H20F3N3O4S/c1-27-17-16(24-29(2,25)26)10-15(22-23-17)13-9-12(3-4-14(13)19)28-11-5-7-18(20,21)8-6-11/h3-4,9-11H,5-8H2,1-2H3,(H,22,24). The summed E-state index contributed by atoms with van der Waals surface area (Å²) in [5, 5.41) is 7.64. The molecule has 3 rings (SSSR count). The van der Waals surface area contributed by atoms with Gasteiger partial charge in [0.25, 0.3) is 5.88 Å². The van der Waals surface area contributed by atoms with Gasteiger partial charge in [-0.25, -0.2) is 21.6 Å². The molecular formula is C18H20F3N3O4S. The maximum absolute atomic E-state index is 14.4. The third-order valence-corrected chi connectivity index (χ3v) is 5.02. The minimum absolute atomic E-state index is 0.000216. The Morgan fingerprint density at radius 3 is 2.48 bits per heavy atom. The molecule has 1 aromatic carbocycles. The summed E-state index contributed by atoms with van der Waals surface area (Å²) in [5.41, 5.74) is 0.0747. The van der Waals surface area contributed by atoms with Crippen molar-refractivity contribution in [1.82, 2.24) is 10.2 Å². The van der Waals surface area contributed by atoms with Crippen molar-refractivity contribution in [2.24, 2.45) is 0 Å². The number of sulfonamides is 1. The molecule has 1 saturated carbocycles. The predicted molar refractivity (Wildman–Crippen MR) is 100 cm³/mol. The van der Waals surface area contributed by atoms with Crippen LogP contribution < -0.4 is 14.2 Å². The highest BCUT2D eigenvalue weighted by molar-refractivity contribution is 7.92. The second-order valence-electron chi connectivity index (χ2n) is 6.84. The van der Waals surface area contributed by atoms with Gasteiger partial charge in [0, 0.05) is 18.4 Å². The number of benzene rings is 1. The zero-order valence-corrected chi connectivity index (χ0v) is 16.6. The van der Waals surface area contributed by atoms with Crippen LogP contribution in [0.15, 0.2) is 24.3 Å². The number of alkyl halides is 2. The second-order valence-corrected chi connectivity index (χ2v) is 8.59. The number of hydrogen-bond donors (Lipinski definition) is 1. The third-order valence-electron chi connectivity index (χ3n) is 4.43. The lowest BCUT2D eigenvalue weighted by molar-refractivity contribution is -0.0582. The Bertz CT molecular complexity index is 992. The van der Waals surface area contributed by atoms with Gasteiger partial charge in [0.15, 0.2) is 0 Å². The third kappa shape index (κ3) is 5.49. The van der Waals surface area contributed by atoms with Gasteiger partial charge in [-0.3, -0.25) is 4.72 Å². The molecule has 0 atom stereocenters. The first-order valence-electron chi connectivity index (χ1n) is 8.80. The topological polar surface area (TPSA) is 90.4 Å². The fraction of sp³-hybridized carbons (Fsp3) is 0.444. The first-order valence-corrected chi connectivity index (χ1v) is 10.7. The molecule has 0 unspecified atom stereocenters. The molecule has 1 heterocycles. The molecule has 1 N–H and O–H groups in total. The van der Waals surface area contributed by atoms with Crippen molar-refractivity contribution in [2.45, 2.75) is 37.7 Å². The van der Waals surface area contributed by atoms with E-state index in [1.165, 1.54) is 25.3 Å². The van der Waals surface area contributed by atoms with Crippen LogP contribution in [-0.2, 0) is 10.0 Å². The smallest absolute Gasteiger partial charge is 0.257 e. The van der Waals surface area contributed by atoms with E-state index in [0.717, 1.165) is 12.3 Å². The Kier molecular flexibility index (Phi) is 5.87. The van der Waals surface area contributed by atoms with E-state index in [-0.39, 0.29) is 48.5 Å². The number of anilines is 1. The molecule has 1 aliphatic rings. The van der Waals surface area contributed by atoms with Crippen LogP contribution in [0.5, 0.6) is 11.6 Å². The van der Waals surface area contributed by atoms with Gasteiger partial charge in [0.1, 0.15) is 17.3 Å². The summed E-state index contributed by atoms with van der Waals surface area (Å²) in [6, 6.07) is 5.23. The highest BCUT2D eigenvalue weighted by Gasteiger charge is 2.35. The molecule has 0 aliphatic heterocycles. The lowest BCUT2D eigenvalue weighted by Gasteiger charge is -2.28. The van der Waals surface area contributed by atoms with E-state index in [0.29, 0.717) is 5.75 Å². The molecule has 1 fully saturated rings. The first kappa shape index (κ1) is 21.2. The van der Waals surface area contributed by atoms with Crippen LogP contribution in [0.25, 0.3) is 11.3 Å². The monoisotopic (exact) mass is 431 g/mol. The van der Waals surface area contributed by atoms with Crippen LogP contribution >= 0.6 is 0 Å². The van der Waals surface area contributed by atoms with Gasteiger partial charge < -0.3 is 9.47 Å². The van der Waals surface area contributed by atoms with E-state index in [1.54, 1.807) is 0 Å². The molecule has 1 aromatic heterocycles. The van der Waals surface area contributed by atoms with E-state index < -0.39 is 27.9 Å². The number of nitrogens with one attached hydrogen (secondary N) is 1. The fourth-order valence-electron chi connectivity index (χ4n) is 3.03. The van der Waals surface area contributed by atoms with E-state index in [9.17, 15) is 21.6 Å². The van der Waals surface area contributed by atoms with Crippen molar-refractivity contribution in [2.75, 3.05) is 18.1 Å². The van der Waals surface area contributed by atoms with E-state index in [4.69, 9.17) is 9.47 Å². The summed E-state index contributed by atoms with van der Waals surface area (Å²) in [5.74, 6) is -3.07. The van der Waals surface area contributed by atoms with Crippen LogP contribution in [0, 0.1) is 5.82 Å². The molecule has 0 bridgehead atoms. The summed E-state index contributed by atoms with van der Waals surface area (Å²) in [4.78, 5) is 0. The molecule has 0 saturated heterocycles. The van der Waals surface area contributed by atoms with Gasteiger partial charge in [-0.2, -0.15) is 0 Å². The van der Waals surface area contributed by atoms with E-state index in [1.807, 2.05) is 0 Å². The maximum Gasteiger partial charge on any atom is 0.257 e. The number of methoxy groups -OCH3 is 1. The summed E-state index contributed by atoms with van der Waals surface area (Å²) in [6.45, 7) is 0. The van der Waals surface area contributed by atoms with Gasteiger partial charge in [-0.1, -0.05) is 0 Å². The normalized spacial score (nSPS) is 17.0. The zero-order chi connectivity index (χ0) is 21.2. The summed E-state index contributed by atoms with van der Waals surface area (Å²) < 4.78 is 77.0. The van der Waals surface area contributed by atoms with Crippen molar-refractivity contribution in [3.63, 3.8) is 0 Å². The molecule has 1 aliphatic carbocycles. The van der Waals surface area contributed by atoms with Crippen LogP contribution in [0.4, 0.5) is 18.9 Å².